The Balaban J connectivity index is 1.62. The summed E-state index contributed by atoms with van der Waals surface area (Å²) < 4.78 is 7.34. The third-order valence-electron chi connectivity index (χ3n) is 4.00. The lowest BCUT2D eigenvalue weighted by Crippen LogP contribution is -2.42. The van der Waals surface area contributed by atoms with Crippen molar-refractivity contribution in [1.82, 2.24) is 20.0 Å². The van der Waals surface area contributed by atoms with Gasteiger partial charge in [-0.3, -0.25) is 9.58 Å². The molecule has 0 bridgehead atoms. The molecule has 2 aromatic rings. The Morgan fingerprint density at radius 1 is 1.36 bits per heavy atom. The number of hydrogen-bond acceptors (Lipinski definition) is 5. The van der Waals surface area contributed by atoms with Gasteiger partial charge in [0.15, 0.2) is 0 Å². The standard InChI is InChI=1S/C16H24N4OS/c1-13-3-4-16(22-13)15(20-5-7-21-8-6-20)11-17-9-14-10-18-19(2)12-14/h3-4,10,12,15,17H,5-9,11H2,1-2H3/t15-/m0/s1. The molecule has 1 aliphatic heterocycles. The number of rotatable bonds is 6. The van der Waals surface area contributed by atoms with Gasteiger partial charge in [0.25, 0.3) is 0 Å². The van der Waals surface area contributed by atoms with Crippen molar-refractivity contribution in [3.8, 4) is 0 Å². The molecule has 1 N–H and O–H groups in total. The smallest absolute Gasteiger partial charge is 0.0594 e. The second-order valence-corrected chi connectivity index (χ2v) is 7.09. The van der Waals surface area contributed by atoms with Crippen molar-refractivity contribution in [3.63, 3.8) is 0 Å². The van der Waals surface area contributed by atoms with Crippen molar-refractivity contribution in [3.05, 3.63) is 39.8 Å². The molecule has 3 rings (SSSR count). The van der Waals surface area contributed by atoms with Crippen LogP contribution >= 0.6 is 11.3 Å². The minimum absolute atomic E-state index is 0.430. The van der Waals surface area contributed by atoms with E-state index in [0.717, 1.165) is 39.4 Å². The van der Waals surface area contributed by atoms with Gasteiger partial charge in [-0.15, -0.1) is 11.3 Å². The Labute approximate surface area is 135 Å². The van der Waals surface area contributed by atoms with Crippen LogP contribution in [0.4, 0.5) is 0 Å². The summed E-state index contributed by atoms with van der Waals surface area (Å²) in [6.07, 6.45) is 3.98. The number of morpholine rings is 1. The van der Waals surface area contributed by atoms with Gasteiger partial charge in [-0.1, -0.05) is 0 Å². The third-order valence-corrected chi connectivity index (χ3v) is 5.10. The second-order valence-electron chi connectivity index (χ2n) is 5.77. The van der Waals surface area contributed by atoms with E-state index < -0.39 is 0 Å². The second kappa shape index (κ2) is 7.37. The van der Waals surface area contributed by atoms with Gasteiger partial charge in [0.05, 0.1) is 25.5 Å². The first-order valence-corrected chi connectivity index (χ1v) is 8.60. The molecule has 6 heteroatoms. The van der Waals surface area contributed by atoms with Gasteiger partial charge in [-0.2, -0.15) is 5.10 Å². The minimum Gasteiger partial charge on any atom is -0.379 e. The lowest BCUT2D eigenvalue weighted by Gasteiger charge is -2.34. The van der Waals surface area contributed by atoms with Crippen molar-refractivity contribution in [1.29, 1.82) is 0 Å². The van der Waals surface area contributed by atoms with Crippen LogP contribution in [0.3, 0.4) is 0 Å². The Morgan fingerprint density at radius 3 is 2.82 bits per heavy atom. The fourth-order valence-electron chi connectivity index (χ4n) is 2.85. The molecular formula is C16H24N4OS. The molecule has 5 nitrogen and oxygen atoms in total. The molecule has 120 valence electrons. The van der Waals surface area contributed by atoms with Gasteiger partial charge in [-0.05, 0) is 19.1 Å². The summed E-state index contributed by atoms with van der Waals surface area (Å²) in [7, 11) is 1.95. The molecule has 0 amide bonds. The largest absolute Gasteiger partial charge is 0.379 e. The number of aromatic nitrogens is 2. The number of hydrogen-bond donors (Lipinski definition) is 1. The van der Waals surface area contributed by atoms with E-state index in [-0.39, 0.29) is 0 Å². The van der Waals surface area contributed by atoms with Crippen LogP contribution < -0.4 is 5.32 Å². The molecule has 1 saturated heterocycles. The van der Waals surface area contributed by atoms with Gasteiger partial charge < -0.3 is 10.1 Å². The average molecular weight is 320 g/mol. The summed E-state index contributed by atoms with van der Waals surface area (Å²) in [4.78, 5) is 5.35. The molecule has 1 fully saturated rings. The molecular weight excluding hydrogens is 296 g/mol. The van der Waals surface area contributed by atoms with Crippen molar-refractivity contribution < 1.29 is 4.74 Å². The number of thiophene rings is 1. The predicted molar refractivity (Wildman–Crippen MR) is 89.1 cm³/mol. The predicted octanol–water partition coefficient (Wildman–Crippen LogP) is 1.95. The van der Waals surface area contributed by atoms with E-state index in [4.69, 9.17) is 4.74 Å². The fraction of sp³-hybridized carbons (Fsp3) is 0.562. The van der Waals surface area contributed by atoms with E-state index in [0.29, 0.717) is 6.04 Å². The van der Waals surface area contributed by atoms with E-state index >= 15 is 0 Å². The Hall–Kier alpha value is -1.21. The monoisotopic (exact) mass is 320 g/mol. The normalized spacial score (nSPS) is 17.7. The van der Waals surface area contributed by atoms with Gasteiger partial charge in [0.2, 0.25) is 0 Å². The Bertz CT molecular complexity index is 588. The van der Waals surface area contributed by atoms with Crippen molar-refractivity contribution in [2.75, 3.05) is 32.8 Å². The molecule has 0 aliphatic carbocycles. The quantitative estimate of drug-likeness (QED) is 0.883. The highest BCUT2D eigenvalue weighted by atomic mass is 32.1. The number of aryl methyl sites for hydroxylation is 2. The zero-order valence-electron chi connectivity index (χ0n) is 13.3. The summed E-state index contributed by atoms with van der Waals surface area (Å²) in [5.41, 5.74) is 1.23. The highest BCUT2D eigenvalue weighted by molar-refractivity contribution is 7.12. The molecule has 1 aliphatic rings. The molecule has 0 aromatic carbocycles. The molecule has 3 heterocycles. The summed E-state index contributed by atoms with van der Waals surface area (Å²) >= 11 is 1.90. The number of nitrogens with zero attached hydrogens (tertiary/aromatic N) is 3. The highest BCUT2D eigenvalue weighted by Crippen LogP contribution is 2.27. The summed E-state index contributed by atoms with van der Waals surface area (Å²) in [6, 6.07) is 4.92. The van der Waals surface area contributed by atoms with Gasteiger partial charge in [-0.25, -0.2) is 0 Å². The third kappa shape index (κ3) is 3.95. The molecule has 0 spiro atoms. The maximum absolute atomic E-state index is 5.50. The maximum atomic E-state index is 5.50. The zero-order valence-corrected chi connectivity index (χ0v) is 14.1. The lowest BCUT2D eigenvalue weighted by atomic mass is 10.2. The zero-order chi connectivity index (χ0) is 15.4. The first-order valence-electron chi connectivity index (χ1n) is 7.79. The topological polar surface area (TPSA) is 42.3 Å². The minimum atomic E-state index is 0.430. The Morgan fingerprint density at radius 2 is 2.18 bits per heavy atom. The van der Waals surface area contributed by atoms with E-state index in [2.05, 4.69) is 40.6 Å². The van der Waals surface area contributed by atoms with Gasteiger partial charge in [0, 0.05) is 54.7 Å². The fourth-order valence-corrected chi connectivity index (χ4v) is 3.86. The molecule has 2 aromatic heterocycles. The van der Waals surface area contributed by atoms with Crippen LogP contribution in [-0.2, 0) is 18.3 Å². The van der Waals surface area contributed by atoms with Crippen molar-refractivity contribution in [2.24, 2.45) is 7.05 Å². The Kier molecular flexibility index (Phi) is 5.25. The summed E-state index contributed by atoms with van der Waals surface area (Å²) in [5, 5.41) is 7.81. The average Bonchev–Trinajstić information content (AvgIpc) is 3.13. The number of ether oxygens (including phenoxy) is 1. The van der Waals surface area contributed by atoms with E-state index in [9.17, 15) is 0 Å². The molecule has 0 radical (unpaired) electrons. The SMILES string of the molecule is Cc1ccc([C@H](CNCc2cnn(C)c2)N2CCOCC2)s1. The van der Waals surface area contributed by atoms with E-state index in [1.54, 1.807) is 0 Å². The van der Waals surface area contributed by atoms with Gasteiger partial charge >= 0.3 is 0 Å². The molecule has 0 saturated carbocycles. The van der Waals surface area contributed by atoms with E-state index in [1.165, 1.54) is 15.3 Å². The molecule has 22 heavy (non-hydrogen) atoms. The van der Waals surface area contributed by atoms with Crippen LogP contribution in [0.2, 0.25) is 0 Å². The van der Waals surface area contributed by atoms with Gasteiger partial charge in [0.1, 0.15) is 0 Å². The summed E-state index contributed by atoms with van der Waals surface area (Å²) in [6.45, 7) is 7.68. The van der Waals surface area contributed by atoms with Crippen LogP contribution in [0.15, 0.2) is 24.5 Å². The van der Waals surface area contributed by atoms with Crippen LogP contribution in [0.5, 0.6) is 0 Å². The van der Waals surface area contributed by atoms with Crippen molar-refractivity contribution >= 4 is 11.3 Å². The maximum Gasteiger partial charge on any atom is 0.0594 e. The highest BCUT2D eigenvalue weighted by Gasteiger charge is 2.23. The van der Waals surface area contributed by atoms with Crippen LogP contribution in [0.25, 0.3) is 0 Å². The first-order chi connectivity index (χ1) is 10.7. The van der Waals surface area contributed by atoms with Crippen LogP contribution in [-0.4, -0.2) is 47.5 Å². The number of nitrogens with one attached hydrogen (secondary N) is 1. The van der Waals surface area contributed by atoms with Crippen molar-refractivity contribution in [2.45, 2.75) is 19.5 Å². The molecule has 0 unspecified atom stereocenters. The lowest BCUT2D eigenvalue weighted by molar-refractivity contribution is 0.0168. The molecule has 1 atom stereocenters. The van der Waals surface area contributed by atoms with Crippen LogP contribution in [0, 0.1) is 6.92 Å². The first kappa shape index (κ1) is 15.7. The summed E-state index contributed by atoms with van der Waals surface area (Å²) in [5.74, 6) is 0. The van der Waals surface area contributed by atoms with Crippen LogP contribution in [0.1, 0.15) is 21.4 Å². The van der Waals surface area contributed by atoms with E-state index in [1.807, 2.05) is 29.3 Å².